The number of nitrogens with one attached hydrogen (secondary N) is 1. The molecule has 2 aliphatic rings. The monoisotopic (exact) mass is 321 g/mol. The van der Waals surface area contributed by atoms with Crippen molar-refractivity contribution in [2.45, 2.75) is 57.2 Å². The molecule has 1 aromatic heterocycles. The maximum atomic E-state index is 12.6. The van der Waals surface area contributed by atoms with Crippen molar-refractivity contribution in [3.63, 3.8) is 0 Å². The Kier molecular flexibility index (Phi) is 5.27. The van der Waals surface area contributed by atoms with Crippen LogP contribution in [0.2, 0.25) is 0 Å². The Hall–Kier alpha value is -1.47. The summed E-state index contributed by atoms with van der Waals surface area (Å²) in [6, 6.07) is 0.0485. The number of carbonyl (C=O) groups excluding carboxylic acids is 1. The third-order valence-electron chi connectivity index (χ3n) is 5.04. The van der Waals surface area contributed by atoms with Crippen molar-refractivity contribution in [2.75, 3.05) is 26.3 Å². The summed E-state index contributed by atoms with van der Waals surface area (Å²) in [7, 11) is 0. The fourth-order valence-electron chi connectivity index (χ4n) is 3.95. The summed E-state index contributed by atoms with van der Waals surface area (Å²) >= 11 is 0. The van der Waals surface area contributed by atoms with Gasteiger partial charge in [0.05, 0.1) is 19.8 Å². The van der Waals surface area contributed by atoms with Crippen molar-refractivity contribution < 1.29 is 9.53 Å². The number of hydrogen-bond donors (Lipinski definition) is 1. The minimum Gasteiger partial charge on any atom is -0.379 e. The molecule has 0 bridgehead atoms. The average molecular weight is 321 g/mol. The maximum Gasteiger partial charge on any atom is 0.222 e. The van der Waals surface area contributed by atoms with Gasteiger partial charge in [0.2, 0.25) is 5.91 Å². The third-order valence-corrected chi connectivity index (χ3v) is 5.04. The van der Waals surface area contributed by atoms with Crippen LogP contribution >= 0.6 is 0 Å². The molecule has 0 radical (unpaired) electrons. The molecule has 2 fully saturated rings. The van der Waals surface area contributed by atoms with Crippen LogP contribution in [0, 0.1) is 0 Å². The zero-order valence-electron chi connectivity index (χ0n) is 13.9. The third kappa shape index (κ3) is 4.09. The lowest BCUT2D eigenvalue weighted by atomic mass is 9.90. The van der Waals surface area contributed by atoms with E-state index in [-0.39, 0.29) is 17.5 Å². The average Bonchev–Trinajstić information content (AvgIpc) is 3.20. The highest BCUT2D eigenvalue weighted by Crippen LogP contribution is 2.38. The van der Waals surface area contributed by atoms with Gasteiger partial charge in [-0.2, -0.15) is 5.10 Å². The van der Waals surface area contributed by atoms with E-state index in [2.05, 4.69) is 20.3 Å². The smallest absolute Gasteiger partial charge is 0.222 e. The van der Waals surface area contributed by atoms with Crippen LogP contribution in [-0.4, -0.2) is 63.5 Å². The largest absolute Gasteiger partial charge is 0.379 e. The lowest BCUT2D eigenvalue weighted by Crippen LogP contribution is -2.54. The standard InChI is InChI=1S/C16H27N5O2/c1-14(11-21-13-17-12-18-21)19-15(22)10-16(4-2-3-5-16)20-6-8-23-9-7-20/h12-14H,2-11H2,1H3,(H,19,22)/t14-/m0/s1. The zero-order chi connectivity index (χ0) is 16.1. The molecule has 2 heterocycles. The summed E-state index contributed by atoms with van der Waals surface area (Å²) in [6.07, 6.45) is 8.47. The predicted molar refractivity (Wildman–Crippen MR) is 85.8 cm³/mol. The number of amides is 1. The van der Waals surface area contributed by atoms with E-state index in [4.69, 9.17) is 4.74 Å². The van der Waals surface area contributed by atoms with Gasteiger partial charge in [-0.1, -0.05) is 12.8 Å². The molecule has 1 atom stereocenters. The topological polar surface area (TPSA) is 72.3 Å². The molecule has 1 saturated heterocycles. The molecule has 7 heteroatoms. The second-order valence-electron chi connectivity index (χ2n) is 6.79. The van der Waals surface area contributed by atoms with E-state index in [1.165, 1.54) is 19.2 Å². The Labute approximate surface area is 137 Å². The second-order valence-corrected chi connectivity index (χ2v) is 6.79. The van der Waals surface area contributed by atoms with Crippen molar-refractivity contribution in [3.05, 3.63) is 12.7 Å². The lowest BCUT2D eigenvalue weighted by molar-refractivity contribution is -0.126. The molecule has 0 unspecified atom stereocenters. The van der Waals surface area contributed by atoms with E-state index in [1.54, 1.807) is 11.0 Å². The van der Waals surface area contributed by atoms with E-state index in [9.17, 15) is 4.79 Å². The first kappa shape index (κ1) is 16.4. The number of hydrogen-bond acceptors (Lipinski definition) is 5. The fourth-order valence-corrected chi connectivity index (χ4v) is 3.95. The van der Waals surface area contributed by atoms with Crippen molar-refractivity contribution in [3.8, 4) is 0 Å². The van der Waals surface area contributed by atoms with Crippen LogP contribution in [0.15, 0.2) is 12.7 Å². The van der Waals surface area contributed by atoms with Crippen LogP contribution in [0.1, 0.15) is 39.0 Å². The van der Waals surface area contributed by atoms with Gasteiger partial charge < -0.3 is 10.1 Å². The minimum atomic E-state index is 0.0425. The Morgan fingerprint density at radius 3 is 2.74 bits per heavy atom. The molecule has 0 spiro atoms. The van der Waals surface area contributed by atoms with E-state index in [1.807, 2.05) is 6.92 Å². The van der Waals surface area contributed by atoms with Gasteiger partial charge in [-0.15, -0.1) is 0 Å². The first-order valence-electron chi connectivity index (χ1n) is 8.63. The fraction of sp³-hybridized carbons (Fsp3) is 0.812. The predicted octanol–water partition coefficient (Wildman–Crippen LogP) is 0.818. The summed E-state index contributed by atoms with van der Waals surface area (Å²) < 4.78 is 7.22. The molecule has 1 aliphatic carbocycles. The normalized spacial score (nSPS) is 22.8. The maximum absolute atomic E-state index is 12.6. The highest BCUT2D eigenvalue weighted by molar-refractivity contribution is 5.77. The summed E-state index contributed by atoms with van der Waals surface area (Å²) in [6.45, 7) is 6.12. The molecule has 0 aromatic carbocycles. The van der Waals surface area contributed by atoms with E-state index in [0.717, 1.165) is 39.1 Å². The number of morpholine rings is 1. The minimum absolute atomic E-state index is 0.0425. The van der Waals surface area contributed by atoms with Crippen LogP contribution in [0.25, 0.3) is 0 Å². The second kappa shape index (κ2) is 7.40. The Morgan fingerprint density at radius 2 is 2.09 bits per heavy atom. The molecule has 128 valence electrons. The van der Waals surface area contributed by atoms with Crippen LogP contribution in [-0.2, 0) is 16.1 Å². The van der Waals surface area contributed by atoms with Gasteiger partial charge in [0.1, 0.15) is 12.7 Å². The van der Waals surface area contributed by atoms with Crippen LogP contribution < -0.4 is 5.32 Å². The van der Waals surface area contributed by atoms with Gasteiger partial charge in [-0.25, -0.2) is 4.98 Å². The van der Waals surface area contributed by atoms with E-state index in [0.29, 0.717) is 13.0 Å². The Bertz CT molecular complexity index is 493. The number of rotatable bonds is 6. The molecule has 1 amide bonds. The van der Waals surface area contributed by atoms with Crippen molar-refractivity contribution in [2.24, 2.45) is 0 Å². The van der Waals surface area contributed by atoms with Gasteiger partial charge in [0.15, 0.2) is 0 Å². The van der Waals surface area contributed by atoms with Crippen LogP contribution in [0.4, 0.5) is 0 Å². The van der Waals surface area contributed by atoms with E-state index < -0.39 is 0 Å². The first-order chi connectivity index (χ1) is 11.2. The quantitative estimate of drug-likeness (QED) is 0.840. The molecular formula is C16H27N5O2. The van der Waals surface area contributed by atoms with Crippen molar-refractivity contribution >= 4 is 5.91 Å². The molecule has 23 heavy (non-hydrogen) atoms. The summed E-state index contributed by atoms with van der Waals surface area (Å²) in [4.78, 5) is 19.0. The van der Waals surface area contributed by atoms with Crippen LogP contribution in [0.5, 0.6) is 0 Å². The lowest BCUT2D eigenvalue weighted by Gasteiger charge is -2.43. The van der Waals surface area contributed by atoms with Crippen LogP contribution in [0.3, 0.4) is 0 Å². The summed E-state index contributed by atoms with van der Waals surface area (Å²) in [5.74, 6) is 0.144. The van der Waals surface area contributed by atoms with E-state index >= 15 is 0 Å². The zero-order valence-corrected chi connectivity index (χ0v) is 13.9. The molecule has 1 N–H and O–H groups in total. The number of carbonyl (C=O) groups is 1. The first-order valence-corrected chi connectivity index (χ1v) is 8.63. The van der Waals surface area contributed by atoms with Crippen molar-refractivity contribution in [1.82, 2.24) is 25.0 Å². The molecule has 1 aliphatic heterocycles. The number of aromatic nitrogens is 3. The van der Waals surface area contributed by atoms with Gasteiger partial charge in [0, 0.05) is 31.1 Å². The molecule has 7 nitrogen and oxygen atoms in total. The van der Waals surface area contributed by atoms with Gasteiger partial charge >= 0.3 is 0 Å². The number of nitrogens with zero attached hydrogens (tertiary/aromatic N) is 4. The summed E-state index contributed by atoms with van der Waals surface area (Å²) in [5, 5.41) is 7.21. The van der Waals surface area contributed by atoms with Gasteiger partial charge in [-0.3, -0.25) is 14.4 Å². The molecular weight excluding hydrogens is 294 g/mol. The Balaban J connectivity index is 1.55. The summed E-state index contributed by atoms with van der Waals surface area (Å²) in [5.41, 5.74) is 0.0425. The number of ether oxygens (including phenoxy) is 1. The Morgan fingerprint density at radius 1 is 1.35 bits per heavy atom. The molecule has 1 aromatic rings. The van der Waals surface area contributed by atoms with Gasteiger partial charge in [0.25, 0.3) is 0 Å². The molecule has 1 saturated carbocycles. The highest BCUT2D eigenvalue weighted by Gasteiger charge is 2.41. The highest BCUT2D eigenvalue weighted by atomic mass is 16.5. The molecule has 3 rings (SSSR count). The van der Waals surface area contributed by atoms with Crippen molar-refractivity contribution in [1.29, 1.82) is 0 Å². The SMILES string of the molecule is C[C@@H](Cn1cncn1)NC(=O)CC1(N2CCOCC2)CCCC1. The van der Waals surface area contributed by atoms with Gasteiger partial charge in [-0.05, 0) is 19.8 Å².